The molecule has 1 aliphatic rings. The predicted molar refractivity (Wildman–Crippen MR) is 83.0 cm³/mol. The summed E-state index contributed by atoms with van der Waals surface area (Å²) in [4.78, 5) is 54.5. The zero-order valence-corrected chi connectivity index (χ0v) is 14.1. The van der Waals surface area contributed by atoms with Crippen LogP contribution in [-0.2, 0) is 28.8 Å². The highest BCUT2D eigenvalue weighted by Crippen LogP contribution is 2.12. The molecule has 0 spiro atoms. The van der Waals surface area contributed by atoms with Crippen LogP contribution in [0.2, 0.25) is 0 Å². The maximum absolute atomic E-state index is 10.5. The monoisotopic (exact) mass is 403 g/mol. The molecule has 5 amide bonds. The van der Waals surface area contributed by atoms with E-state index in [-0.39, 0.29) is 32.1 Å². The van der Waals surface area contributed by atoms with Gasteiger partial charge in [0.2, 0.25) is 32.1 Å². The summed E-state index contributed by atoms with van der Waals surface area (Å²) >= 11 is 0. The molecule has 10 N–H and O–H groups in total. The molecule has 0 atom stereocenters. The summed E-state index contributed by atoms with van der Waals surface area (Å²) in [5.74, 6) is 0.464. The third-order valence-corrected chi connectivity index (χ3v) is 1.67. The second kappa shape index (κ2) is 49.5. The van der Waals surface area contributed by atoms with Gasteiger partial charge in [0.1, 0.15) is 5.78 Å². The Hall–Kier alpha value is -3.18. The second-order valence-electron chi connectivity index (χ2n) is 3.33. The number of nitrogens with one attached hydrogen (secondary N) is 5. The Kier molecular flexibility index (Phi) is 64.2. The van der Waals surface area contributed by atoms with Crippen LogP contribution in [0, 0.1) is 0 Å². The SMILES string of the molecule is O=C1CCCCC1.O=CNO.O=CNO.O=CNO.O=CNO.O=CNO. The van der Waals surface area contributed by atoms with Crippen molar-refractivity contribution < 1.29 is 54.8 Å². The minimum atomic E-state index is 0.181. The van der Waals surface area contributed by atoms with Crippen molar-refractivity contribution in [1.82, 2.24) is 27.4 Å². The third kappa shape index (κ3) is 103. The Morgan fingerprint density at radius 1 is 0.519 bits per heavy atom. The summed E-state index contributed by atoms with van der Waals surface area (Å²) in [7, 11) is 0. The van der Waals surface area contributed by atoms with Crippen molar-refractivity contribution in [2.75, 3.05) is 0 Å². The Labute approximate surface area is 153 Å². The molecule has 0 aromatic rings. The molecule has 0 aromatic carbocycles. The fourth-order valence-electron chi connectivity index (χ4n) is 0.946. The Balaban J connectivity index is -0.0000000735. The van der Waals surface area contributed by atoms with E-state index in [0.29, 0.717) is 5.78 Å². The lowest BCUT2D eigenvalue weighted by atomic mass is 10.00. The highest BCUT2D eigenvalue weighted by Gasteiger charge is 2.05. The van der Waals surface area contributed by atoms with E-state index in [1.165, 1.54) is 33.8 Å². The van der Waals surface area contributed by atoms with E-state index < -0.39 is 0 Å². The van der Waals surface area contributed by atoms with Gasteiger partial charge in [-0.2, -0.15) is 0 Å². The first-order valence-corrected chi connectivity index (χ1v) is 6.65. The van der Waals surface area contributed by atoms with Crippen molar-refractivity contribution in [1.29, 1.82) is 0 Å². The summed E-state index contributed by atoms with van der Waals surface area (Å²) in [5, 5.41) is 36.3. The van der Waals surface area contributed by atoms with Crippen molar-refractivity contribution >= 4 is 37.8 Å². The molecule has 1 rings (SSSR count). The minimum Gasteiger partial charge on any atom is -0.300 e. The predicted octanol–water partition coefficient (Wildman–Crippen LogP) is -2.87. The lowest BCUT2D eigenvalue weighted by Gasteiger charge is -2.05. The molecular weight excluding hydrogens is 378 g/mol. The average Bonchev–Trinajstić information content (AvgIpc) is 2.75. The fraction of sp³-hybridized carbons (Fsp3) is 0.455. The summed E-state index contributed by atoms with van der Waals surface area (Å²) in [6.07, 6.45) is 6.14. The molecule has 0 aromatic heterocycles. The smallest absolute Gasteiger partial charge is 0.230 e. The number of hydroxylamine groups is 5. The number of amides is 5. The van der Waals surface area contributed by atoms with Crippen molar-refractivity contribution in [2.45, 2.75) is 32.1 Å². The quantitative estimate of drug-likeness (QED) is 0.127. The molecule has 0 bridgehead atoms. The van der Waals surface area contributed by atoms with Crippen LogP contribution in [0.15, 0.2) is 0 Å². The highest BCUT2D eigenvalue weighted by molar-refractivity contribution is 5.78. The van der Waals surface area contributed by atoms with Gasteiger partial charge in [0.05, 0.1) is 0 Å². The standard InChI is InChI=1S/C6H10O.5CH3NO2/c7-6-4-2-1-3-5-6;5*3-1-2-4/h1-5H2;5*1,4H,(H,2,3). The normalized spacial score (nSPS) is 9.74. The largest absolute Gasteiger partial charge is 0.300 e. The number of carbonyl (C=O) groups is 6. The van der Waals surface area contributed by atoms with E-state index in [1.807, 2.05) is 0 Å². The molecule has 0 unspecified atom stereocenters. The lowest BCUT2D eigenvalue weighted by molar-refractivity contribution is -0.120. The first-order chi connectivity index (χ1) is 13.0. The van der Waals surface area contributed by atoms with E-state index in [0.717, 1.165) is 25.7 Å². The molecule has 160 valence electrons. The minimum absolute atomic E-state index is 0.181. The molecule has 0 radical (unpaired) electrons. The molecule has 0 aliphatic heterocycles. The van der Waals surface area contributed by atoms with Crippen molar-refractivity contribution in [2.24, 2.45) is 0 Å². The number of carbonyl (C=O) groups excluding carboxylic acids is 6. The van der Waals surface area contributed by atoms with Crippen molar-refractivity contribution in [3.63, 3.8) is 0 Å². The van der Waals surface area contributed by atoms with E-state index in [9.17, 15) is 4.79 Å². The summed E-state index contributed by atoms with van der Waals surface area (Å²) in [5.41, 5.74) is 6.25. The van der Waals surface area contributed by atoms with Gasteiger partial charge < -0.3 is 0 Å². The van der Waals surface area contributed by atoms with Crippen LogP contribution < -0.4 is 27.4 Å². The molecule has 1 saturated carbocycles. The van der Waals surface area contributed by atoms with Crippen LogP contribution in [0.3, 0.4) is 0 Å². The Morgan fingerprint density at radius 3 is 0.778 bits per heavy atom. The van der Waals surface area contributed by atoms with Crippen LogP contribution >= 0.6 is 0 Å². The fourth-order valence-corrected chi connectivity index (χ4v) is 0.946. The molecule has 1 fully saturated rings. The van der Waals surface area contributed by atoms with Gasteiger partial charge in [0, 0.05) is 12.8 Å². The first-order valence-electron chi connectivity index (χ1n) is 6.65. The van der Waals surface area contributed by atoms with Crippen LogP contribution in [0.25, 0.3) is 0 Å². The maximum atomic E-state index is 10.5. The molecule has 0 saturated heterocycles. The van der Waals surface area contributed by atoms with E-state index in [2.05, 4.69) is 0 Å². The molecule has 27 heavy (non-hydrogen) atoms. The number of hydrogen-bond acceptors (Lipinski definition) is 11. The molecule has 1 aliphatic carbocycles. The number of rotatable bonds is 5. The van der Waals surface area contributed by atoms with E-state index in [1.54, 1.807) is 0 Å². The van der Waals surface area contributed by atoms with E-state index >= 15 is 0 Å². The van der Waals surface area contributed by atoms with E-state index in [4.69, 9.17) is 50.0 Å². The van der Waals surface area contributed by atoms with Gasteiger partial charge in [-0.1, -0.05) is 6.42 Å². The number of ketones is 1. The van der Waals surface area contributed by atoms with Crippen LogP contribution in [0.5, 0.6) is 0 Å². The Morgan fingerprint density at radius 2 is 0.704 bits per heavy atom. The van der Waals surface area contributed by atoms with Crippen LogP contribution in [0.4, 0.5) is 0 Å². The highest BCUT2D eigenvalue weighted by atomic mass is 16.5. The molecular formula is C11H25N5O11. The number of Topliss-reactive ketones (excluding diaryl/α,β-unsaturated/α-hetero) is 1. The maximum Gasteiger partial charge on any atom is 0.230 e. The topological polar surface area (TPSA) is 264 Å². The second-order valence-corrected chi connectivity index (χ2v) is 3.33. The van der Waals surface area contributed by atoms with Gasteiger partial charge in [0.25, 0.3) is 0 Å². The van der Waals surface area contributed by atoms with Crippen molar-refractivity contribution in [3.8, 4) is 0 Å². The lowest BCUT2D eigenvalue weighted by Crippen LogP contribution is -2.02. The van der Waals surface area contributed by atoms with Gasteiger partial charge in [-0.15, -0.1) is 0 Å². The molecule has 16 nitrogen and oxygen atoms in total. The summed E-state index contributed by atoms with van der Waals surface area (Å²) in [6.45, 7) is 0. The van der Waals surface area contributed by atoms with Crippen LogP contribution in [-0.4, -0.2) is 63.9 Å². The van der Waals surface area contributed by atoms with Crippen LogP contribution in [0.1, 0.15) is 32.1 Å². The summed E-state index contributed by atoms with van der Waals surface area (Å²) in [6, 6.07) is 0. The van der Waals surface area contributed by atoms with Gasteiger partial charge in [-0.05, 0) is 12.8 Å². The zero-order chi connectivity index (χ0) is 22.2. The third-order valence-electron chi connectivity index (χ3n) is 1.67. The number of hydrogen-bond donors (Lipinski definition) is 10. The van der Waals surface area contributed by atoms with Gasteiger partial charge in [-0.25, -0.2) is 27.4 Å². The zero-order valence-electron chi connectivity index (χ0n) is 14.1. The summed E-state index contributed by atoms with van der Waals surface area (Å²) < 4.78 is 0. The van der Waals surface area contributed by atoms with Gasteiger partial charge in [-0.3, -0.25) is 54.8 Å². The Bertz CT molecular complexity index is 279. The van der Waals surface area contributed by atoms with Gasteiger partial charge in [0.15, 0.2) is 0 Å². The molecule has 16 heteroatoms. The van der Waals surface area contributed by atoms with Gasteiger partial charge >= 0.3 is 0 Å². The average molecular weight is 403 g/mol. The molecule has 0 heterocycles. The first kappa shape index (κ1) is 35.0. The van der Waals surface area contributed by atoms with Crippen molar-refractivity contribution in [3.05, 3.63) is 0 Å².